The zero-order valence-corrected chi connectivity index (χ0v) is 8.24. The Labute approximate surface area is 82.7 Å². The van der Waals surface area contributed by atoms with Crippen molar-refractivity contribution in [2.75, 3.05) is 5.32 Å². The number of phenolic OH excluding ortho intramolecular Hbond substituents is 1. The average Bonchev–Trinajstić information content (AvgIpc) is 2.09. The topological polar surface area (TPSA) is 75.4 Å². The van der Waals surface area contributed by atoms with Gasteiger partial charge in [0, 0.05) is 0 Å². The molecule has 4 nitrogen and oxygen atoms in total. The van der Waals surface area contributed by atoms with Crippen molar-refractivity contribution < 1.29 is 9.90 Å². The fourth-order valence-electron chi connectivity index (χ4n) is 0.994. The van der Waals surface area contributed by atoms with Crippen LogP contribution in [0, 0.1) is 6.92 Å². The van der Waals surface area contributed by atoms with Crippen LogP contribution < -0.4 is 11.1 Å². The van der Waals surface area contributed by atoms with E-state index in [1.54, 1.807) is 25.1 Å². The number of aryl methyl sites for hydroxylation is 1. The molecule has 14 heavy (non-hydrogen) atoms. The number of aromatic hydroxyl groups is 1. The third kappa shape index (κ3) is 2.47. The van der Waals surface area contributed by atoms with Crippen molar-refractivity contribution in [3.63, 3.8) is 0 Å². The predicted octanol–water partition coefficient (Wildman–Crippen LogP) is 0.986. The number of hydrogen-bond donors (Lipinski definition) is 3. The van der Waals surface area contributed by atoms with E-state index in [9.17, 15) is 9.90 Å². The second kappa shape index (κ2) is 4.11. The van der Waals surface area contributed by atoms with Crippen LogP contribution in [0.2, 0.25) is 0 Å². The van der Waals surface area contributed by atoms with Gasteiger partial charge in [-0.15, -0.1) is 0 Å². The van der Waals surface area contributed by atoms with Gasteiger partial charge in [0.2, 0.25) is 5.91 Å². The number of hydrogen-bond acceptors (Lipinski definition) is 3. The number of phenols is 1. The number of nitrogens with one attached hydrogen (secondary N) is 1. The van der Waals surface area contributed by atoms with Gasteiger partial charge in [-0.2, -0.15) is 0 Å². The molecule has 0 fully saturated rings. The first kappa shape index (κ1) is 10.5. The van der Waals surface area contributed by atoms with Gasteiger partial charge in [-0.05, 0) is 31.5 Å². The number of nitrogens with two attached hydrogens (primary N) is 1. The van der Waals surface area contributed by atoms with Crippen LogP contribution in [0.15, 0.2) is 18.2 Å². The third-order valence-electron chi connectivity index (χ3n) is 1.82. The summed E-state index contributed by atoms with van der Waals surface area (Å²) in [5.74, 6) is -0.261. The first-order chi connectivity index (χ1) is 6.50. The molecule has 0 aliphatic carbocycles. The Morgan fingerprint density at radius 1 is 1.57 bits per heavy atom. The Kier molecular flexibility index (Phi) is 3.09. The molecule has 1 aromatic rings. The second-order valence-electron chi connectivity index (χ2n) is 3.30. The van der Waals surface area contributed by atoms with Crippen molar-refractivity contribution >= 4 is 11.6 Å². The standard InChI is InChI=1S/C10H14N2O2/c1-6-3-4-8(9(13)5-6)12-10(14)7(2)11/h3-5,7,13H,11H2,1-2H3,(H,12,14)/t7-/m1/s1. The molecule has 4 N–H and O–H groups in total. The predicted molar refractivity (Wildman–Crippen MR) is 55.1 cm³/mol. The number of carbonyl (C=O) groups is 1. The van der Waals surface area contributed by atoms with Gasteiger partial charge in [0.05, 0.1) is 11.7 Å². The minimum Gasteiger partial charge on any atom is -0.506 e. The molecule has 0 radical (unpaired) electrons. The lowest BCUT2D eigenvalue weighted by atomic mass is 10.2. The molecule has 1 aromatic carbocycles. The molecular formula is C10H14N2O2. The first-order valence-electron chi connectivity index (χ1n) is 4.37. The molecule has 1 atom stereocenters. The molecule has 0 bridgehead atoms. The lowest BCUT2D eigenvalue weighted by Crippen LogP contribution is -2.32. The number of carbonyl (C=O) groups excluding carboxylic acids is 1. The lowest BCUT2D eigenvalue weighted by molar-refractivity contribution is -0.117. The maximum absolute atomic E-state index is 11.2. The zero-order chi connectivity index (χ0) is 10.7. The second-order valence-corrected chi connectivity index (χ2v) is 3.30. The van der Waals surface area contributed by atoms with Gasteiger partial charge in [-0.25, -0.2) is 0 Å². The van der Waals surface area contributed by atoms with Crippen LogP contribution in [0.5, 0.6) is 5.75 Å². The van der Waals surface area contributed by atoms with E-state index in [1.807, 2.05) is 6.92 Å². The molecule has 1 amide bonds. The minimum absolute atomic E-state index is 0.0546. The number of benzene rings is 1. The van der Waals surface area contributed by atoms with Gasteiger partial charge in [-0.3, -0.25) is 4.79 Å². The summed E-state index contributed by atoms with van der Waals surface area (Å²) in [4.78, 5) is 11.2. The van der Waals surface area contributed by atoms with E-state index in [-0.39, 0.29) is 11.7 Å². The molecule has 0 saturated heterocycles. The van der Waals surface area contributed by atoms with E-state index in [1.165, 1.54) is 0 Å². The van der Waals surface area contributed by atoms with E-state index < -0.39 is 6.04 Å². The molecule has 0 saturated carbocycles. The maximum Gasteiger partial charge on any atom is 0.241 e. The van der Waals surface area contributed by atoms with Crippen LogP contribution in [-0.2, 0) is 4.79 Å². The summed E-state index contributed by atoms with van der Waals surface area (Å²) < 4.78 is 0. The summed E-state index contributed by atoms with van der Waals surface area (Å²) in [6, 6.07) is 4.44. The van der Waals surface area contributed by atoms with Gasteiger partial charge in [-0.1, -0.05) is 6.07 Å². The molecule has 0 aliphatic heterocycles. The fraction of sp³-hybridized carbons (Fsp3) is 0.300. The summed E-state index contributed by atoms with van der Waals surface area (Å²) in [6.07, 6.45) is 0. The summed E-state index contributed by atoms with van der Waals surface area (Å²) in [5.41, 5.74) is 6.69. The molecule has 0 unspecified atom stereocenters. The van der Waals surface area contributed by atoms with Crippen LogP contribution in [0.4, 0.5) is 5.69 Å². The van der Waals surface area contributed by atoms with Crippen LogP contribution in [0.1, 0.15) is 12.5 Å². The highest BCUT2D eigenvalue weighted by atomic mass is 16.3. The van der Waals surface area contributed by atoms with E-state index >= 15 is 0 Å². The Bertz CT molecular complexity index is 348. The van der Waals surface area contributed by atoms with E-state index in [0.717, 1.165) is 5.56 Å². The van der Waals surface area contributed by atoms with E-state index in [4.69, 9.17) is 5.73 Å². The Balaban J connectivity index is 2.82. The first-order valence-corrected chi connectivity index (χ1v) is 4.37. The molecule has 0 heterocycles. The quantitative estimate of drug-likeness (QED) is 0.614. The molecular weight excluding hydrogens is 180 g/mol. The normalized spacial score (nSPS) is 12.2. The van der Waals surface area contributed by atoms with Crippen molar-refractivity contribution in [2.45, 2.75) is 19.9 Å². The maximum atomic E-state index is 11.2. The van der Waals surface area contributed by atoms with E-state index in [2.05, 4.69) is 5.32 Å². The highest BCUT2D eigenvalue weighted by molar-refractivity contribution is 5.95. The van der Waals surface area contributed by atoms with Crippen LogP contribution >= 0.6 is 0 Å². The van der Waals surface area contributed by atoms with Crippen molar-refractivity contribution in [3.8, 4) is 5.75 Å². The Morgan fingerprint density at radius 3 is 2.71 bits per heavy atom. The van der Waals surface area contributed by atoms with Crippen molar-refractivity contribution in [3.05, 3.63) is 23.8 Å². The Morgan fingerprint density at radius 2 is 2.21 bits per heavy atom. The van der Waals surface area contributed by atoms with Crippen molar-refractivity contribution in [2.24, 2.45) is 5.73 Å². The van der Waals surface area contributed by atoms with Crippen molar-refractivity contribution in [1.82, 2.24) is 0 Å². The van der Waals surface area contributed by atoms with Crippen LogP contribution in [0.25, 0.3) is 0 Å². The van der Waals surface area contributed by atoms with Gasteiger partial charge in [0.1, 0.15) is 5.75 Å². The highest BCUT2D eigenvalue weighted by Gasteiger charge is 2.09. The highest BCUT2D eigenvalue weighted by Crippen LogP contribution is 2.23. The smallest absolute Gasteiger partial charge is 0.241 e. The van der Waals surface area contributed by atoms with Crippen molar-refractivity contribution in [1.29, 1.82) is 0 Å². The minimum atomic E-state index is -0.587. The molecule has 0 aliphatic rings. The number of amides is 1. The van der Waals surface area contributed by atoms with E-state index in [0.29, 0.717) is 5.69 Å². The lowest BCUT2D eigenvalue weighted by Gasteiger charge is -2.09. The molecule has 1 rings (SSSR count). The fourth-order valence-corrected chi connectivity index (χ4v) is 0.994. The average molecular weight is 194 g/mol. The SMILES string of the molecule is Cc1ccc(NC(=O)[C@@H](C)N)c(O)c1. The summed E-state index contributed by atoms with van der Waals surface area (Å²) >= 11 is 0. The number of rotatable bonds is 2. The monoisotopic (exact) mass is 194 g/mol. The zero-order valence-electron chi connectivity index (χ0n) is 8.24. The molecule has 4 heteroatoms. The Hall–Kier alpha value is -1.55. The van der Waals surface area contributed by atoms with Crippen LogP contribution in [-0.4, -0.2) is 17.1 Å². The molecule has 76 valence electrons. The van der Waals surface area contributed by atoms with Gasteiger partial charge in [0.15, 0.2) is 0 Å². The summed E-state index contributed by atoms with van der Waals surface area (Å²) in [5, 5.41) is 12.0. The number of anilines is 1. The molecule has 0 spiro atoms. The van der Waals surface area contributed by atoms with Gasteiger partial charge >= 0.3 is 0 Å². The van der Waals surface area contributed by atoms with Gasteiger partial charge < -0.3 is 16.2 Å². The van der Waals surface area contributed by atoms with Gasteiger partial charge in [0.25, 0.3) is 0 Å². The largest absolute Gasteiger partial charge is 0.506 e. The summed E-state index contributed by atoms with van der Waals surface area (Å²) in [7, 11) is 0. The molecule has 0 aromatic heterocycles. The summed E-state index contributed by atoms with van der Waals surface area (Å²) in [6.45, 7) is 3.44. The third-order valence-corrected chi connectivity index (χ3v) is 1.82. The van der Waals surface area contributed by atoms with Crippen LogP contribution in [0.3, 0.4) is 0 Å².